The summed E-state index contributed by atoms with van der Waals surface area (Å²) < 4.78 is 27.3. The van der Waals surface area contributed by atoms with Crippen molar-refractivity contribution in [3.05, 3.63) is 64.5 Å². The normalized spacial score (nSPS) is 17.4. The Balaban J connectivity index is 1.45. The summed E-state index contributed by atoms with van der Waals surface area (Å²) in [5, 5.41) is 5.74. The molecule has 2 heterocycles. The average Bonchev–Trinajstić information content (AvgIpc) is 3.22. The van der Waals surface area contributed by atoms with E-state index in [0.29, 0.717) is 34.7 Å². The van der Waals surface area contributed by atoms with Crippen LogP contribution >= 0.6 is 22.9 Å². The van der Waals surface area contributed by atoms with Crippen LogP contribution in [0.25, 0.3) is 11.3 Å². The van der Waals surface area contributed by atoms with Crippen LogP contribution in [-0.4, -0.2) is 36.7 Å². The molecule has 1 fully saturated rings. The molecule has 0 radical (unpaired) electrons. The van der Waals surface area contributed by atoms with E-state index in [-0.39, 0.29) is 10.8 Å². The molecule has 6 nitrogen and oxygen atoms in total. The lowest BCUT2D eigenvalue weighted by atomic mass is 10.0. The molecule has 0 aliphatic carbocycles. The van der Waals surface area contributed by atoms with Crippen LogP contribution in [0.4, 0.5) is 5.13 Å². The summed E-state index contributed by atoms with van der Waals surface area (Å²) in [6, 6.07) is 13.3. The van der Waals surface area contributed by atoms with Gasteiger partial charge in [-0.2, -0.15) is 4.31 Å². The summed E-state index contributed by atoms with van der Waals surface area (Å²) in [4.78, 5) is 17.2. The molecular formula is C22H22ClN3O3S2. The highest BCUT2D eigenvalue weighted by atomic mass is 35.5. The maximum Gasteiger partial charge on any atom is 0.257 e. The number of carbonyl (C=O) groups excluding carboxylic acids is 1. The predicted molar refractivity (Wildman–Crippen MR) is 124 cm³/mol. The number of thiazole rings is 1. The lowest BCUT2D eigenvalue weighted by molar-refractivity contribution is 0.102. The summed E-state index contributed by atoms with van der Waals surface area (Å²) in [5.41, 5.74) is 2.02. The van der Waals surface area contributed by atoms with Gasteiger partial charge in [0.15, 0.2) is 5.13 Å². The number of anilines is 1. The van der Waals surface area contributed by atoms with Crippen molar-refractivity contribution in [2.75, 3.05) is 18.4 Å². The fraction of sp³-hybridized carbons (Fsp3) is 0.273. The number of rotatable bonds is 5. The first-order valence-corrected chi connectivity index (χ1v) is 12.7. The van der Waals surface area contributed by atoms with E-state index in [1.807, 2.05) is 17.5 Å². The Morgan fingerprint density at radius 1 is 1.16 bits per heavy atom. The zero-order valence-electron chi connectivity index (χ0n) is 16.9. The molecule has 1 N–H and O–H groups in total. The number of hydrogen-bond donors (Lipinski definition) is 1. The van der Waals surface area contributed by atoms with Crippen molar-refractivity contribution in [1.29, 1.82) is 0 Å². The number of nitrogens with one attached hydrogen (secondary N) is 1. The van der Waals surface area contributed by atoms with E-state index >= 15 is 0 Å². The Morgan fingerprint density at radius 3 is 2.55 bits per heavy atom. The van der Waals surface area contributed by atoms with Gasteiger partial charge in [-0.1, -0.05) is 30.7 Å². The molecule has 3 aromatic rings. The van der Waals surface area contributed by atoms with Crippen molar-refractivity contribution >= 4 is 44.0 Å². The van der Waals surface area contributed by atoms with Crippen molar-refractivity contribution in [3.63, 3.8) is 0 Å². The maximum atomic E-state index is 12.9. The highest BCUT2D eigenvalue weighted by molar-refractivity contribution is 7.89. The van der Waals surface area contributed by atoms with E-state index < -0.39 is 10.0 Å². The minimum Gasteiger partial charge on any atom is -0.298 e. The average molecular weight is 476 g/mol. The number of sulfonamides is 1. The second-order valence-electron chi connectivity index (χ2n) is 7.63. The minimum absolute atomic E-state index is 0.206. The summed E-state index contributed by atoms with van der Waals surface area (Å²) in [5.74, 6) is 0.0113. The lowest BCUT2D eigenvalue weighted by Crippen LogP contribution is -2.39. The summed E-state index contributed by atoms with van der Waals surface area (Å²) in [7, 11) is -3.54. The van der Waals surface area contributed by atoms with Gasteiger partial charge in [-0.15, -0.1) is 11.3 Å². The van der Waals surface area contributed by atoms with Crippen molar-refractivity contribution < 1.29 is 13.2 Å². The summed E-state index contributed by atoms with van der Waals surface area (Å²) in [6.45, 7) is 3.13. The number of piperidine rings is 1. The van der Waals surface area contributed by atoms with Crippen LogP contribution in [0.1, 0.15) is 30.1 Å². The van der Waals surface area contributed by atoms with E-state index in [9.17, 15) is 13.2 Å². The quantitative estimate of drug-likeness (QED) is 0.554. The monoisotopic (exact) mass is 475 g/mol. The number of amides is 1. The number of halogens is 1. The molecule has 1 aromatic heterocycles. The number of benzene rings is 2. The third-order valence-electron chi connectivity index (χ3n) is 5.24. The zero-order chi connectivity index (χ0) is 22.0. The molecule has 1 aliphatic heterocycles. The molecule has 31 heavy (non-hydrogen) atoms. The summed E-state index contributed by atoms with van der Waals surface area (Å²) in [6.07, 6.45) is 1.91. The van der Waals surface area contributed by atoms with Crippen LogP contribution in [0.5, 0.6) is 0 Å². The van der Waals surface area contributed by atoms with E-state index in [1.54, 1.807) is 12.1 Å². The predicted octanol–water partition coefficient (Wildman–Crippen LogP) is 5.14. The van der Waals surface area contributed by atoms with Gasteiger partial charge in [0, 0.05) is 34.6 Å². The second kappa shape index (κ2) is 9.08. The van der Waals surface area contributed by atoms with Gasteiger partial charge in [0.25, 0.3) is 5.91 Å². The zero-order valence-corrected chi connectivity index (χ0v) is 19.3. The van der Waals surface area contributed by atoms with E-state index in [0.717, 1.165) is 24.1 Å². The van der Waals surface area contributed by atoms with Gasteiger partial charge in [0.2, 0.25) is 10.0 Å². The molecule has 1 aliphatic rings. The topological polar surface area (TPSA) is 79.4 Å². The Hall–Kier alpha value is -2.26. The van der Waals surface area contributed by atoms with Crippen LogP contribution in [0.3, 0.4) is 0 Å². The number of nitrogens with zero attached hydrogens (tertiary/aromatic N) is 2. The van der Waals surface area contributed by atoms with Crippen LogP contribution in [-0.2, 0) is 10.0 Å². The number of hydrogen-bond acceptors (Lipinski definition) is 5. The molecule has 1 amide bonds. The van der Waals surface area contributed by atoms with Crippen molar-refractivity contribution in [1.82, 2.24) is 9.29 Å². The Labute approximate surface area is 190 Å². The fourth-order valence-electron chi connectivity index (χ4n) is 3.55. The van der Waals surface area contributed by atoms with Crippen molar-refractivity contribution in [3.8, 4) is 11.3 Å². The third kappa shape index (κ3) is 4.98. The first kappa shape index (κ1) is 22.0. The van der Waals surface area contributed by atoms with Gasteiger partial charge in [-0.05, 0) is 55.2 Å². The van der Waals surface area contributed by atoms with Crippen molar-refractivity contribution in [2.24, 2.45) is 5.92 Å². The molecule has 4 rings (SSSR count). The van der Waals surface area contributed by atoms with E-state index in [1.165, 1.54) is 39.9 Å². The number of aromatic nitrogens is 1. The molecule has 2 aromatic carbocycles. The first-order chi connectivity index (χ1) is 14.8. The van der Waals surface area contributed by atoms with Crippen LogP contribution in [0.15, 0.2) is 58.8 Å². The maximum absolute atomic E-state index is 12.9. The summed E-state index contributed by atoms with van der Waals surface area (Å²) >= 11 is 7.23. The van der Waals surface area contributed by atoms with Crippen LogP contribution in [0, 0.1) is 5.92 Å². The van der Waals surface area contributed by atoms with Gasteiger partial charge in [0.1, 0.15) is 0 Å². The molecule has 1 saturated heterocycles. The van der Waals surface area contributed by atoms with Gasteiger partial charge in [0.05, 0.1) is 10.6 Å². The van der Waals surface area contributed by atoms with Crippen molar-refractivity contribution in [2.45, 2.75) is 24.7 Å². The Bertz CT molecular complexity index is 1180. The first-order valence-electron chi connectivity index (χ1n) is 9.96. The lowest BCUT2D eigenvalue weighted by Gasteiger charge is -2.30. The Morgan fingerprint density at radius 2 is 1.87 bits per heavy atom. The van der Waals surface area contributed by atoms with Crippen LogP contribution in [0.2, 0.25) is 5.02 Å². The molecular weight excluding hydrogens is 454 g/mol. The molecule has 1 atom stereocenters. The SMILES string of the molecule is C[C@@H]1CCCN(S(=O)(=O)c2ccc(C(=O)Nc3nc(-c4ccc(Cl)cc4)cs3)cc2)C1. The molecule has 9 heteroatoms. The smallest absolute Gasteiger partial charge is 0.257 e. The minimum atomic E-state index is -3.54. The molecule has 0 saturated carbocycles. The highest BCUT2D eigenvalue weighted by Gasteiger charge is 2.28. The van der Waals surface area contributed by atoms with Gasteiger partial charge in [-0.3, -0.25) is 10.1 Å². The van der Waals surface area contributed by atoms with E-state index in [2.05, 4.69) is 17.2 Å². The van der Waals surface area contributed by atoms with Gasteiger partial charge < -0.3 is 0 Å². The third-order valence-corrected chi connectivity index (χ3v) is 8.13. The second-order valence-corrected chi connectivity index (χ2v) is 10.9. The van der Waals surface area contributed by atoms with Crippen LogP contribution < -0.4 is 5.32 Å². The van der Waals surface area contributed by atoms with E-state index in [4.69, 9.17) is 11.6 Å². The highest BCUT2D eigenvalue weighted by Crippen LogP contribution is 2.27. The molecule has 0 unspecified atom stereocenters. The fourth-order valence-corrected chi connectivity index (χ4v) is 5.98. The van der Waals surface area contributed by atoms with Gasteiger partial charge in [-0.25, -0.2) is 13.4 Å². The number of carbonyl (C=O) groups is 1. The largest absolute Gasteiger partial charge is 0.298 e. The van der Waals surface area contributed by atoms with Gasteiger partial charge >= 0.3 is 0 Å². The molecule has 162 valence electrons. The molecule has 0 bridgehead atoms. The Kier molecular flexibility index (Phi) is 6.43. The molecule has 0 spiro atoms. The standard InChI is InChI=1S/C22H22ClN3O3S2/c1-15-3-2-12-26(13-15)31(28,29)19-10-6-17(7-11-19)21(27)25-22-24-20(14-30-22)16-4-8-18(23)9-5-16/h4-11,14-15H,2-3,12-13H2,1H3,(H,24,25,27)/t15-/m1/s1.